The molecule has 0 aliphatic carbocycles. The van der Waals surface area contributed by atoms with Crippen LogP contribution in [-0.2, 0) is 0 Å². The minimum atomic E-state index is 0.994. The lowest BCUT2D eigenvalue weighted by molar-refractivity contribution is 1.56. The van der Waals surface area contributed by atoms with Crippen molar-refractivity contribution in [3.63, 3.8) is 0 Å². The zero-order valence-electron chi connectivity index (χ0n) is 13.6. The van der Waals surface area contributed by atoms with E-state index in [0.717, 1.165) is 33.1 Å². The first-order valence-electron chi connectivity index (χ1n) is 8.16. The van der Waals surface area contributed by atoms with Gasteiger partial charge in [0.05, 0.1) is 0 Å². The number of benzene rings is 5. The number of halogens is 5. The molecule has 0 heterocycles. The molecule has 0 N–H and O–H groups in total. The van der Waals surface area contributed by atoms with Crippen molar-refractivity contribution in [2.24, 2.45) is 0 Å². The molecule has 0 bridgehead atoms. The summed E-state index contributed by atoms with van der Waals surface area (Å²) >= 11 is 18.7. The fourth-order valence-corrected chi connectivity index (χ4v) is 7.09. The standard InChI is InChI=1S/C22H9Br5/c23-18-15-8-13-6-11-4-2-1-3-10(11)5-12(13)7-14(15)9-16-17(18)20(25)22(27)21(26)19(16)24/h1-9H. The molecule has 27 heavy (non-hydrogen) atoms. The third-order valence-corrected chi connectivity index (χ3v) is 10.6. The Bertz CT molecular complexity index is 1420. The van der Waals surface area contributed by atoms with Crippen molar-refractivity contribution in [3.05, 3.63) is 77.0 Å². The highest BCUT2D eigenvalue weighted by Gasteiger charge is 2.18. The summed E-state index contributed by atoms with van der Waals surface area (Å²) < 4.78 is 5.15. The second-order valence-electron chi connectivity index (χ2n) is 6.49. The smallest absolute Gasteiger partial charge is 0.0477 e. The summed E-state index contributed by atoms with van der Waals surface area (Å²) in [5, 5.41) is 9.72. The van der Waals surface area contributed by atoms with Gasteiger partial charge in [-0.1, -0.05) is 24.3 Å². The fourth-order valence-electron chi connectivity index (χ4n) is 3.61. The van der Waals surface area contributed by atoms with Gasteiger partial charge in [-0.05, 0) is 148 Å². The minimum Gasteiger partial charge on any atom is -0.0616 e. The summed E-state index contributed by atoms with van der Waals surface area (Å²) in [6.45, 7) is 0. The van der Waals surface area contributed by atoms with Gasteiger partial charge in [0.15, 0.2) is 0 Å². The minimum absolute atomic E-state index is 0.994. The van der Waals surface area contributed by atoms with E-state index in [9.17, 15) is 0 Å². The molecule has 0 nitrogen and oxygen atoms in total. The van der Waals surface area contributed by atoms with Crippen molar-refractivity contribution in [3.8, 4) is 0 Å². The van der Waals surface area contributed by atoms with Gasteiger partial charge in [-0.15, -0.1) is 0 Å². The lowest BCUT2D eigenvalue weighted by Crippen LogP contribution is -1.87. The van der Waals surface area contributed by atoms with Crippen molar-refractivity contribution in [1.82, 2.24) is 0 Å². The zero-order chi connectivity index (χ0) is 18.9. The van der Waals surface area contributed by atoms with E-state index in [2.05, 4.69) is 134 Å². The van der Waals surface area contributed by atoms with Gasteiger partial charge in [0, 0.05) is 27.7 Å². The Morgan fingerprint density at radius 2 is 0.926 bits per heavy atom. The Morgan fingerprint density at radius 3 is 1.59 bits per heavy atom. The molecule has 132 valence electrons. The summed E-state index contributed by atoms with van der Waals surface area (Å²) in [6.07, 6.45) is 0. The molecule has 0 unspecified atom stereocenters. The number of hydrogen-bond acceptors (Lipinski definition) is 0. The van der Waals surface area contributed by atoms with E-state index < -0.39 is 0 Å². The molecular weight excluding hydrogens is 664 g/mol. The molecular formula is C22H9Br5. The molecule has 0 amide bonds. The monoisotopic (exact) mass is 668 g/mol. The third-order valence-electron chi connectivity index (χ3n) is 4.93. The van der Waals surface area contributed by atoms with Crippen LogP contribution < -0.4 is 0 Å². The van der Waals surface area contributed by atoms with Gasteiger partial charge in [0.2, 0.25) is 0 Å². The Morgan fingerprint density at radius 1 is 0.407 bits per heavy atom. The van der Waals surface area contributed by atoms with Crippen molar-refractivity contribution in [2.75, 3.05) is 0 Å². The molecule has 0 atom stereocenters. The van der Waals surface area contributed by atoms with Gasteiger partial charge in [0.25, 0.3) is 0 Å². The van der Waals surface area contributed by atoms with Crippen LogP contribution in [0.25, 0.3) is 43.1 Å². The summed E-state index contributed by atoms with van der Waals surface area (Å²) in [7, 11) is 0. The van der Waals surface area contributed by atoms with Gasteiger partial charge in [-0.3, -0.25) is 0 Å². The van der Waals surface area contributed by atoms with Crippen LogP contribution in [0.1, 0.15) is 0 Å². The van der Waals surface area contributed by atoms with Crippen LogP contribution in [0.4, 0.5) is 0 Å². The molecule has 5 aromatic carbocycles. The summed E-state index contributed by atoms with van der Waals surface area (Å²) in [5.41, 5.74) is 0. The van der Waals surface area contributed by atoms with E-state index in [-0.39, 0.29) is 0 Å². The van der Waals surface area contributed by atoms with Crippen LogP contribution >= 0.6 is 79.6 Å². The van der Waals surface area contributed by atoms with Crippen molar-refractivity contribution in [2.45, 2.75) is 0 Å². The van der Waals surface area contributed by atoms with Gasteiger partial charge in [0.1, 0.15) is 0 Å². The van der Waals surface area contributed by atoms with Gasteiger partial charge in [-0.2, -0.15) is 0 Å². The highest BCUT2D eigenvalue weighted by molar-refractivity contribution is 9.15. The Kier molecular flexibility index (Phi) is 4.68. The van der Waals surface area contributed by atoms with Crippen LogP contribution in [0.2, 0.25) is 0 Å². The molecule has 0 fully saturated rings. The van der Waals surface area contributed by atoms with Gasteiger partial charge < -0.3 is 0 Å². The molecule has 0 saturated carbocycles. The fraction of sp³-hybridized carbons (Fsp3) is 0. The zero-order valence-corrected chi connectivity index (χ0v) is 21.5. The molecule has 5 heteroatoms. The van der Waals surface area contributed by atoms with Crippen molar-refractivity contribution in [1.29, 1.82) is 0 Å². The Labute approximate surface area is 197 Å². The molecule has 0 aromatic heterocycles. The highest BCUT2D eigenvalue weighted by Crippen LogP contribution is 2.48. The van der Waals surface area contributed by atoms with E-state index >= 15 is 0 Å². The normalized spacial score (nSPS) is 11.9. The topological polar surface area (TPSA) is 0 Å². The van der Waals surface area contributed by atoms with Crippen LogP contribution in [0.3, 0.4) is 0 Å². The van der Waals surface area contributed by atoms with Crippen LogP contribution in [0, 0.1) is 0 Å². The average molecular weight is 673 g/mol. The number of rotatable bonds is 0. The molecule has 0 saturated heterocycles. The Balaban J connectivity index is 1.98. The first-order chi connectivity index (χ1) is 13.0. The maximum atomic E-state index is 3.87. The molecule has 0 radical (unpaired) electrons. The molecule has 0 aliphatic rings. The summed E-state index contributed by atoms with van der Waals surface area (Å²) in [4.78, 5) is 0. The highest BCUT2D eigenvalue weighted by atomic mass is 79.9. The van der Waals surface area contributed by atoms with E-state index in [0.29, 0.717) is 0 Å². The van der Waals surface area contributed by atoms with Crippen LogP contribution in [-0.4, -0.2) is 0 Å². The third kappa shape index (κ3) is 2.84. The first kappa shape index (κ1) is 18.6. The number of hydrogen-bond donors (Lipinski definition) is 0. The predicted octanol–water partition coefficient (Wildman–Crippen LogP) is 10.1. The number of fused-ring (bicyclic) bond motifs is 4. The molecule has 0 spiro atoms. The lowest BCUT2D eigenvalue weighted by Gasteiger charge is -2.14. The van der Waals surface area contributed by atoms with E-state index in [1.54, 1.807) is 0 Å². The predicted molar refractivity (Wildman–Crippen MR) is 135 cm³/mol. The van der Waals surface area contributed by atoms with Gasteiger partial charge in [-0.25, -0.2) is 0 Å². The second kappa shape index (κ2) is 6.81. The summed E-state index contributed by atoms with van der Waals surface area (Å²) in [5.74, 6) is 0. The van der Waals surface area contributed by atoms with Gasteiger partial charge >= 0.3 is 0 Å². The Hall–Kier alpha value is -0.460. The maximum absolute atomic E-state index is 3.87. The van der Waals surface area contributed by atoms with Crippen molar-refractivity contribution >= 4 is 123 Å². The van der Waals surface area contributed by atoms with E-state index in [1.807, 2.05) is 0 Å². The summed E-state index contributed by atoms with van der Waals surface area (Å²) in [6, 6.07) is 19.8. The average Bonchev–Trinajstić information content (AvgIpc) is 2.67. The largest absolute Gasteiger partial charge is 0.0616 e. The SMILES string of the molecule is Brc1c(Br)c(Br)c2c(Br)c3cc4cc5ccccc5cc4cc3cc2c1Br. The second-order valence-corrected chi connectivity index (χ2v) is 10.5. The van der Waals surface area contributed by atoms with Crippen LogP contribution in [0.5, 0.6) is 0 Å². The molecule has 0 aliphatic heterocycles. The molecule has 5 aromatic rings. The lowest BCUT2D eigenvalue weighted by atomic mass is 9.97. The molecule has 5 rings (SSSR count). The van der Waals surface area contributed by atoms with Crippen LogP contribution in [0.15, 0.2) is 77.0 Å². The quantitative estimate of drug-likeness (QED) is 0.0873. The van der Waals surface area contributed by atoms with E-state index in [4.69, 9.17) is 0 Å². The first-order valence-corrected chi connectivity index (χ1v) is 12.1. The maximum Gasteiger partial charge on any atom is 0.0477 e. The van der Waals surface area contributed by atoms with Crippen molar-refractivity contribution < 1.29 is 0 Å². The van der Waals surface area contributed by atoms with E-state index in [1.165, 1.54) is 32.3 Å².